The number of benzene rings is 1. The highest BCUT2D eigenvalue weighted by atomic mass is 79.9. The number of nitrogens with two attached hydrogens (primary N) is 2. The minimum atomic E-state index is 0.639. The first-order valence-corrected chi connectivity index (χ1v) is 5.48. The van der Waals surface area contributed by atoms with Crippen molar-refractivity contribution in [3.8, 4) is 0 Å². The summed E-state index contributed by atoms with van der Waals surface area (Å²) in [5.41, 5.74) is 13.3. The normalized spacial score (nSPS) is 10.2. The zero-order chi connectivity index (χ0) is 10.6. The van der Waals surface area contributed by atoms with E-state index in [0.29, 0.717) is 6.54 Å². The van der Waals surface area contributed by atoms with Gasteiger partial charge in [-0.3, -0.25) is 0 Å². The number of nitrogens with zero attached hydrogens (tertiary/aromatic N) is 1. The van der Waals surface area contributed by atoms with E-state index in [0.717, 1.165) is 28.9 Å². The molecule has 0 amide bonds. The first-order chi connectivity index (χ1) is 6.69. The first-order valence-electron chi connectivity index (χ1n) is 4.69. The molecule has 4 N–H and O–H groups in total. The van der Waals surface area contributed by atoms with Crippen LogP contribution < -0.4 is 16.4 Å². The van der Waals surface area contributed by atoms with E-state index in [1.165, 1.54) is 0 Å². The lowest BCUT2D eigenvalue weighted by atomic mass is 10.2. The van der Waals surface area contributed by atoms with Crippen molar-refractivity contribution in [3.05, 3.63) is 22.7 Å². The van der Waals surface area contributed by atoms with Gasteiger partial charge in [-0.25, -0.2) is 0 Å². The molecule has 0 spiro atoms. The number of hydrogen-bond acceptors (Lipinski definition) is 3. The monoisotopic (exact) mass is 257 g/mol. The van der Waals surface area contributed by atoms with Crippen LogP contribution in [0.15, 0.2) is 22.7 Å². The lowest BCUT2D eigenvalue weighted by molar-refractivity contribution is 0.818. The molecule has 0 fully saturated rings. The maximum absolute atomic E-state index is 5.89. The van der Waals surface area contributed by atoms with E-state index >= 15 is 0 Å². The summed E-state index contributed by atoms with van der Waals surface area (Å²) in [6.45, 7) is 4.48. The van der Waals surface area contributed by atoms with Gasteiger partial charge in [0.15, 0.2) is 0 Å². The minimum absolute atomic E-state index is 0.639. The van der Waals surface area contributed by atoms with Gasteiger partial charge in [-0.2, -0.15) is 0 Å². The van der Waals surface area contributed by atoms with Gasteiger partial charge >= 0.3 is 0 Å². The Morgan fingerprint density at radius 2 is 2.14 bits per heavy atom. The Kier molecular flexibility index (Phi) is 4.22. The fourth-order valence-electron chi connectivity index (χ4n) is 1.40. The van der Waals surface area contributed by atoms with E-state index in [1.54, 1.807) is 0 Å². The van der Waals surface area contributed by atoms with Gasteiger partial charge in [0, 0.05) is 24.1 Å². The van der Waals surface area contributed by atoms with Crippen LogP contribution in [-0.2, 0) is 0 Å². The highest BCUT2D eigenvalue weighted by Gasteiger charge is 2.07. The number of halogens is 1. The highest BCUT2D eigenvalue weighted by molar-refractivity contribution is 9.10. The Labute approximate surface area is 93.2 Å². The summed E-state index contributed by atoms with van der Waals surface area (Å²) in [6, 6.07) is 5.86. The van der Waals surface area contributed by atoms with Crippen LogP contribution in [0.5, 0.6) is 0 Å². The number of anilines is 2. The van der Waals surface area contributed by atoms with Crippen molar-refractivity contribution in [1.29, 1.82) is 0 Å². The molecule has 0 saturated heterocycles. The third-order valence-electron chi connectivity index (χ3n) is 2.11. The van der Waals surface area contributed by atoms with Gasteiger partial charge < -0.3 is 16.4 Å². The zero-order valence-corrected chi connectivity index (χ0v) is 9.92. The molecule has 0 aliphatic heterocycles. The van der Waals surface area contributed by atoms with Crippen LogP contribution in [0.2, 0.25) is 0 Å². The lowest BCUT2D eigenvalue weighted by Crippen LogP contribution is -2.29. The number of nitrogen functional groups attached to an aromatic ring is 1. The van der Waals surface area contributed by atoms with Crippen LogP contribution in [0.4, 0.5) is 11.4 Å². The van der Waals surface area contributed by atoms with E-state index in [4.69, 9.17) is 11.5 Å². The summed E-state index contributed by atoms with van der Waals surface area (Å²) in [7, 11) is 0. The van der Waals surface area contributed by atoms with E-state index in [1.807, 2.05) is 18.2 Å². The molecule has 0 unspecified atom stereocenters. The van der Waals surface area contributed by atoms with Crippen molar-refractivity contribution >= 4 is 27.3 Å². The summed E-state index contributed by atoms with van der Waals surface area (Å²) in [5.74, 6) is 0. The molecule has 0 bridgehead atoms. The van der Waals surface area contributed by atoms with Crippen LogP contribution in [0.3, 0.4) is 0 Å². The van der Waals surface area contributed by atoms with Gasteiger partial charge in [0.2, 0.25) is 0 Å². The Hall–Kier alpha value is -0.740. The first kappa shape index (κ1) is 11.3. The Bertz CT molecular complexity index is 301. The summed E-state index contributed by atoms with van der Waals surface area (Å²) in [5, 5.41) is 0. The second-order valence-corrected chi connectivity index (χ2v) is 3.99. The molecule has 1 rings (SSSR count). The van der Waals surface area contributed by atoms with Crippen molar-refractivity contribution in [2.75, 3.05) is 30.3 Å². The standard InChI is InChI=1S/C10H16BrN3/c1-2-14(6-5-12)10-7-8(11)3-4-9(10)13/h3-4,7H,2,5-6,12-13H2,1H3. The van der Waals surface area contributed by atoms with Crippen LogP contribution in [-0.4, -0.2) is 19.6 Å². The zero-order valence-electron chi connectivity index (χ0n) is 8.33. The van der Waals surface area contributed by atoms with Crippen LogP contribution in [0.25, 0.3) is 0 Å². The summed E-state index contributed by atoms with van der Waals surface area (Å²) in [4.78, 5) is 2.17. The van der Waals surface area contributed by atoms with E-state index < -0.39 is 0 Å². The number of hydrogen-bond donors (Lipinski definition) is 2. The minimum Gasteiger partial charge on any atom is -0.397 e. The predicted molar refractivity (Wildman–Crippen MR) is 65.5 cm³/mol. The quantitative estimate of drug-likeness (QED) is 0.810. The second-order valence-electron chi connectivity index (χ2n) is 3.07. The highest BCUT2D eigenvalue weighted by Crippen LogP contribution is 2.26. The fraction of sp³-hybridized carbons (Fsp3) is 0.400. The van der Waals surface area contributed by atoms with Crippen molar-refractivity contribution < 1.29 is 0 Å². The molecule has 0 radical (unpaired) electrons. The van der Waals surface area contributed by atoms with Gasteiger partial charge in [-0.05, 0) is 25.1 Å². The summed E-state index contributed by atoms with van der Waals surface area (Å²) in [6.07, 6.45) is 0. The molecule has 3 nitrogen and oxygen atoms in total. The Morgan fingerprint density at radius 3 is 2.71 bits per heavy atom. The molecule has 0 atom stereocenters. The SMILES string of the molecule is CCN(CCN)c1cc(Br)ccc1N. The average Bonchev–Trinajstić information content (AvgIpc) is 2.18. The molecular formula is C10H16BrN3. The third-order valence-corrected chi connectivity index (χ3v) is 2.61. The van der Waals surface area contributed by atoms with Crippen LogP contribution in [0.1, 0.15) is 6.92 Å². The molecule has 14 heavy (non-hydrogen) atoms. The molecule has 1 aromatic carbocycles. The lowest BCUT2D eigenvalue weighted by Gasteiger charge is -2.24. The van der Waals surface area contributed by atoms with Crippen molar-refractivity contribution in [1.82, 2.24) is 0 Å². The van der Waals surface area contributed by atoms with E-state index in [2.05, 4.69) is 27.8 Å². The molecule has 0 aliphatic carbocycles. The Balaban J connectivity index is 2.96. The maximum atomic E-state index is 5.89. The second kappa shape index (κ2) is 5.22. The molecule has 0 aliphatic rings. The predicted octanol–water partition coefficient (Wildman–Crippen LogP) is 1.82. The molecule has 0 aromatic heterocycles. The van der Waals surface area contributed by atoms with Crippen LogP contribution >= 0.6 is 15.9 Å². The average molecular weight is 258 g/mol. The molecule has 1 aromatic rings. The number of likely N-dealkylation sites (N-methyl/N-ethyl adjacent to an activating group) is 1. The van der Waals surface area contributed by atoms with Crippen LogP contribution in [0, 0.1) is 0 Å². The van der Waals surface area contributed by atoms with Crippen molar-refractivity contribution in [2.24, 2.45) is 5.73 Å². The van der Waals surface area contributed by atoms with E-state index in [-0.39, 0.29) is 0 Å². The Morgan fingerprint density at radius 1 is 1.43 bits per heavy atom. The van der Waals surface area contributed by atoms with E-state index in [9.17, 15) is 0 Å². The molecule has 0 heterocycles. The maximum Gasteiger partial charge on any atom is 0.0611 e. The van der Waals surface area contributed by atoms with Gasteiger partial charge in [-0.15, -0.1) is 0 Å². The smallest absolute Gasteiger partial charge is 0.0611 e. The van der Waals surface area contributed by atoms with Crippen molar-refractivity contribution in [3.63, 3.8) is 0 Å². The number of rotatable bonds is 4. The molecule has 0 saturated carbocycles. The van der Waals surface area contributed by atoms with Gasteiger partial charge in [0.25, 0.3) is 0 Å². The molecule has 78 valence electrons. The topological polar surface area (TPSA) is 55.3 Å². The fourth-order valence-corrected chi connectivity index (χ4v) is 1.74. The van der Waals surface area contributed by atoms with Gasteiger partial charge in [0.1, 0.15) is 0 Å². The van der Waals surface area contributed by atoms with Gasteiger partial charge in [-0.1, -0.05) is 15.9 Å². The summed E-state index contributed by atoms with van der Waals surface area (Å²) < 4.78 is 1.04. The van der Waals surface area contributed by atoms with Crippen molar-refractivity contribution in [2.45, 2.75) is 6.92 Å². The molecular weight excluding hydrogens is 242 g/mol. The van der Waals surface area contributed by atoms with Gasteiger partial charge in [0.05, 0.1) is 11.4 Å². The molecule has 4 heteroatoms. The summed E-state index contributed by atoms with van der Waals surface area (Å²) >= 11 is 3.43. The largest absolute Gasteiger partial charge is 0.397 e. The third kappa shape index (κ3) is 2.62.